The fourth-order valence-electron chi connectivity index (χ4n) is 2.75. The Balaban J connectivity index is 2.27. The molecule has 6 heteroatoms. The summed E-state index contributed by atoms with van der Waals surface area (Å²) in [6.07, 6.45) is 2.17. The highest BCUT2D eigenvalue weighted by Crippen LogP contribution is 2.32. The minimum Gasteiger partial charge on any atom is -0.366 e. The van der Waals surface area contributed by atoms with Crippen molar-refractivity contribution in [3.05, 3.63) is 33.9 Å². The van der Waals surface area contributed by atoms with Crippen LogP contribution in [-0.2, 0) is 0 Å². The van der Waals surface area contributed by atoms with Gasteiger partial charge in [0.2, 0.25) is 0 Å². The summed E-state index contributed by atoms with van der Waals surface area (Å²) in [4.78, 5) is 12.9. The lowest BCUT2D eigenvalue weighted by molar-refractivity contribution is -0.384. The van der Waals surface area contributed by atoms with Gasteiger partial charge in [-0.2, -0.15) is 5.26 Å². The highest BCUT2D eigenvalue weighted by molar-refractivity contribution is 5.65. The maximum atomic E-state index is 11.2. The Hall–Kier alpha value is -2.13. The SMILES string of the molecule is CNCC1CCCN(c2ccc(C#N)cc2[N+](=O)[O-])C1. The molecule has 0 bridgehead atoms. The molecule has 1 aliphatic rings. The maximum Gasteiger partial charge on any atom is 0.293 e. The van der Waals surface area contributed by atoms with Crippen LogP contribution in [0.3, 0.4) is 0 Å². The Bertz CT molecular complexity index is 536. The molecule has 6 nitrogen and oxygen atoms in total. The van der Waals surface area contributed by atoms with Crippen molar-refractivity contribution in [1.29, 1.82) is 5.26 Å². The second kappa shape index (κ2) is 6.35. The van der Waals surface area contributed by atoms with Gasteiger partial charge in [-0.3, -0.25) is 10.1 Å². The first-order valence-electron chi connectivity index (χ1n) is 6.73. The zero-order valence-electron chi connectivity index (χ0n) is 11.5. The fraction of sp³-hybridized carbons (Fsp3) is 0.500. The van der Waals surface area contributed by atoms with Gasteiger partial charge < -0.3 is 10.2 Å². The molecule has 1 atom stereocenters. The lowest BCUT2D eigenvalue weighted by Crippen LogP contribution is -2.39. The van der Waals surface area contributed by atoms with Crippen molar-refractivity contribution in [2.75, 3.05) is 31.6 Å². The molecule has 1 heterocycles. The molecule has 1 aliphatic heterocycles. The first kappa shape index (κ1) is 14.3. The van der Waals surface area contributed by atoms with Gasteiger partial charge in [0, 0.05) is 19.2 Å². The Labute approximate surface area is 118 Å². The van der Waals surface area contributed by atoms with Gasteiger partial charge in [0.05, 0.1) is 16.6 Å². The number of nitrogens with zero attached hydrogens (tertiary/aromatic N) is 3. The van der Waals surface area contributed by atoms with Crippen LogP contribution in [0.15, 0.2) is 18.2 Å². The minimum absolute atomic E-state index is 0.0224. The Kier molecular flexibility index (Phi) is 4.53. The summed E-state index contributed by atoms with van der Waals surface area (Å²) in [6.45, 7) is 2.56. The van der Waals surface area contributed by atoms with Crippen molar-refractivity contribution in [2.24, 2.45) is 5.92 Å². The summed E-state index contributed by atoms with van der Waals surface area (Å²) in [6, 6.07) is 6.64. The third-order valence-electron chi connectivity index (χ3n) is 3.65. The second-order valence-corrected chi connectivity index (χ2v) is 5.08. The van der Waals surface area contributed by atoms with Crippen LogP contribution < -0.4 is 10.2 Å². The van der Waals surface area contributed by atoms with Crippen LogP contribution in [0.1, 0.15) is 18.4 Å². The van der Waals surface area contributed by atoms with Crippen LogP contribution >= 0.6 is 0 Å². The van der Waals surface area contributed by atoms with Gasteiger partial charge >= 0.3 is 0 Å². The van der Waals surface area contributed by atoms with Crippen LogP contribution in [0.25, 0.3) is 0 Å². The predicted molar refractivity (Wildman–Crippen MR) is 76.7 cm³/mol. The lowest BCUT2D eigenvalue weighted by Gasteiger charge is -2.34. The fourth-order valence-corrected chi connectivity index (χ4v) is 2.75. The van der Waals surface area contributed by atoms with Crippen molar-refractivity contribution >= 4 is 11.4 Å². The predicted octanol–water partition coefficient (Wildman–Crippen LogP) is 1.90. The summed E-state index contributed by atoms with van der Waals surface area (Å²) < 4.78 is 0. The standard InChI is InChI=1S/C14H18N4O2/c1-16-9-12-3-2-6-17(10-12)13-5-4-11(8-15)7-14(13)18(19)20/h4-5,7,12,16H,2-3,6,9-10H2,1H3. The summed E-state index contributed by atoms with van der Waals surface area (Å²) in [5.74, 6) is 0.504. The number of nitro benzene ring substituents is 1. The van der Waals surface area contributed by atoms with Gasteiger partial charge in [-0.1, -0.05) is 0 Å². The van der Waals surface area contributed by atoms with Gasteiger partial charge in [0.1, 0.15) is 5.69 Å². The van der Waals surface area contributed by atoms with E-state index >= 15 is 0 Å². The number of nitro groups is 1. The molecule has 0 aliphatic carbocycles. The molecular weight excluding hydrogens is 256 g/mol. The number of piperidine rings is 1. The van der Waals surface area contributed by atoms with E-state index in [-0.39, 0.29) is 5.69 Å². The molecule has 0 spiro atoms. The normalized spacial score (nSPS) is 18.6. The monoisotopic (exact) mass is 274 g/mol. The van der Waals surface area contributed by atoms with Crippen LogP contribution in [0.5, 0.6) is 0 Å². The molecule has 0 aromatic heterocycles. The van der Waals surface area contributed by atoms with Crippen LogP contribution in [0.4, 0.5) is 11.4 Å². The van der Waals surface area contributed by atoms with Crippen LogP contribution in [0.2, 0.25) is 0 Å². The van der Waals surface area contributed by atoms with E-state index in [2.05, 4.69) is 10.2 Å². The van der Waals surface area contributed by atoms with E-state index in [1.807, 2.05) is 13.1 Å². The highest BCUT2D eigenvalue weighted by Gasteiger charge is 2.25. The molecule has 1 N–H and O–H groups in total. The van der Waals surface area contributed by atoms with Gasteiger partial charge in [-0.25, -0.2) is 0 Å². The van der Waals surface area contributed by atoms with E-state index in [1.165, 1.54) is 6.07 Å². The Morgan fingerprint density at radius 1 is 1.60 bits per heavy atom. The first-order chi connectivity index (χ1) is 9.65. The number of hydrogen-bond donors (Lipinski definition) is 1. The second-order valence-electron chi connectivity index (χ2n) is 5.08. The molecule has 1 saturated heterocycles. The topological polar surface area (TPSA) is 82.2 Å². The summed E-state index contributed by atoms with van der Waals surface area (Å²) in [5, 5.41) is 23.2. The summed E-state index contributed by atoms with van der Waals surface area (Å²) in [7, 11) is 1.92. The minimum atomic E-state index is -0.405. The van der Waals surface area contributed by atoms with Gasteiger partial charge in [-0.05, 0) is 44.5 Å². The van der Waals surface area contributed by atoms with E-state index in [9.17, 15) is 10.1 Å². The quantitative estimate of drug-likeness (QED) is 0.670. The molecular formula is C14H18N4O2. The number of nitrogens with one attached hydrogen (secondary N) is 1. The number of anilines is 1. The summed E-state index contributed by atoms with van der Waals surface area (Å²) in [5.41, 5.74) is 0.966. The van der Waals surface area contributed by atoms with Crippen molar-refractivity contribution < 1.29 is 4.92 Å². The molecule has 0 amide bonds. The van der Waals surface area contributed by atoms with Gasteiger partial charge in [0.15, 0.2) is 0 Å². The smallest absolute Gasteiger partial charge is 0.293 e. The zero-order chi connectivity index (χ0) is 14.5. The third-order valence-corrected chi connectivity index (χ3v) is 3.65. The molecule has 20 heavy (non-hydrogen) atoms. The molecule has 1 aromatic rings. The van der Waals surface area contributed by atoms with E-state index in [1.54, 1.807) is 12.1 Å². The van der Waals surface area contributed by atoms with Crippen molar-refractivity contribution in [3.63, 3.8) is 0 Å². The molecule has 1 aromatic carbocycles. The van der Waals surface area contributed by atoms with Gasteiger partial charge in [0.25, 0.3) is 5.69 Å². The molecule has 0 radical (unpaired) electrons. The van der Waals surface area contributed by atoms with E-state index in [0.717, 1.165) is 32.5 Å². The Morgan fingerprint density at radius 3 is 3.05 bits per heavy atom. The third kappa shape index (κ3) is 3.06. The van der Waals surface area contributed by atoms with E-state index < -0.39 is 4.92 Å². The molecule has 2 rings (SSSR count). The van der Waals surface area contributed by atoms with E-state index in [4.69, 9.17) is 5.26 Å². The largest absolute Gasteiger partial charge is 0.366 e. The average Bonchev–Trinajstić information content (AvgIpc) is 2.47. The van der Waals surface area contributed by atoms with Gasteiger partial charge in [-0.15, -0.1) is 0 Å². The van der Waals surface area contributed by atoms with E-state index in [0.29, 0.717) is 17.2 Å². The molecule has 1 fully saturated rings. The summed E-state index contributed by atoms with van der Waals surface area (Å²) >= 11 is 0. The number of rotatable bonds is 4. The maximum absolute atomic E-state index is 11.2. The molecule has 106 valence electrons. The van der Waals surface area contributed by atoms with Crippen LogP contribution in [-0.4, -0.2) is 31.6 Å². The lowest BCUT2D eigenvalue weighted by atomic mass is 9.97. The average molecular weight is 274 g/mol. The highest BCUT2D eigenvalue weighted by atomic mass is 16.6. The molecule has 1 unspecified atom stereocenters. The molecule has 0 saturated carbocycles. The number of benzene rings is 1. The van der Waals surface area contributed by atoms with Crippen molar-refractivity contribution in [1.82, 2.24) is 5.32 Å². The Morgan fingerprint density at radius 2 is 2.40 bits per heavy atom. The first-order valence-corrected chi connectivity index (χ1v) is 6.73. The van der Waals surface area contributed by atoms with Crippen LogP contribution in [0, 0.1) is 27.4 Å². The van der Waals surface area contributed by atoms with Crippen molar-refractivity contribution in [3.8, 4) is 6.07 Å². The zero-order valence-corrected chi connectivity index (χ0v) is 11.5. The number of nitriles is 1. The number of hydrogen-bond acceptors (Lipinski definition) is 5. The van der Waals surface area contributed by atoms with Crippen molar-refractivity contribution in [2.45, 2.75) is 12.8 Å².